The second-order valence-electron chi connectivity index (χ2n) is 1.22. The van der Waals surface area contributed by atoms with Gasteiger partial charge in [-0.1, -0.05) is 19.1 Å². The Balaban J connectivity index is 3.74. The summed E-state index contributed by atoms with van der Waals surface area (Å²) in [6.45, 7) is 1.74. The van der Waals surface area contributed by atoms with Crippen molar-refractivity contribution in [2.24, 2.45) is 0 Å². The van der Waals surface area contributed by atoms with Crippen LogP contribution in [0.4, 0.5) is 8.78 Å². The average molecular weight is 191 g/mol. The average Bonchev–Trinajstić information content (AvgIpc) is 1.64. The fourth-order valence-corrected chi connectivity index (χ4v) is 1.16. The zero-order valence-corrected chi connectivity index (χ0v) is 7.05. The summed E-state index contributed by atoms with van der Waals surface area (Å²) < 4.78 is 23.4. The molecule has 0 radical (unpaired) electrons. The van der Waals surface area contributed by atoms with Gasteiger partial charge in [0.15, 0.2) is 0 Å². The molecule has 0 unspecified atom stereocenters. The third kappa shape index (κ3) is 4.06. The van der Waals surface area contributed by atoms with E-state index in [-0.39, 0.29) is 0 Å². The standard InChI is InChI=1S/C4H5ClF2S2/c1-2-9-3(8)4(5,6)7/h2H2,1H3. The van der Waals surface area contributed by atoms with E-state index >= 15 is 0 Å². The highest BCUT2D eigenvalue weighted by atomic mass is 35.5. The Morgan fingerprint density at radius 3 is 2.33 bits per heavy atom. The Morgan fingerprint density at radius 2 is 2.22 bits per heavy atom. The summed E-state index contributed by atoms with van der Waals surface area (Å²) in [5, 5.41) is -3.32. The summed E-state index contributed by atoms with van der Waals surface area (Å²) in [7, 11) is 0. The van der Waals surface area contributed by atoms with Crippen molar-refractivity contribution in [1.29, 1.82) is 0 Å². The van der Waals surface area contributed by atoms with E-state index < -0.39 is 9.58 Å². The van der Waals surface area contributed by atoms with Crippen LogP contribution in [0.2, 0.25) is 0 Å². The van der Waals surface area contributed by atoms with Gasteiger partial charge in [-0.2, -0.15) is 8.78 Å². The monoisotopic (exact) mass is 190 g/mol. The van der Waals surface area contributed by atoms with Gasteiger partial charge in [-0.05, 0) is 17.4 Å². The highest BCUT2D eigenvalue weighted by Crippen LogP contribution is 2.27. The predicted molar refractivity (Wildman–Crippen MR) is 41.5 cm³/mol. The number of rotatable bonds is 2. The number of hydrogen-bond acceptors (Lipinski definition) is 2. The van der Waals surface area contributed by atoms with Crippen LogP contribution in [-0.4, -0.2) is 15.3 Å². The number of hydrogen-bond donors (Lipinski definition) is 0. The molecule has 0 aliphatic heterocycles. The molecule has 0 N–H and O–H groups in total. The van der Waals surface area contributed by atoms with Crippen molar-refractivity contribution in [3.8, 4) is 0 Å². The minimum absolute atomic E-state index is 0.452. The Hall–Kier alpha value is 0.590. The Morgan fingerprint density at radius 1 is 1.78 bits per heavy atom. The highest BCUT2D eigenvalue weighted by Gasteiger charge is 2.30. The van der Waals surface area contributed by atoms with Gasteiger partial charge in [0.05, 0.1) is 0 Å². The summed E-state index contributed by atoms with van der Waals surface area (Å²) in [6.07, 6.45) is 0. The van der Waals surface area contributed by atoms with Crippen molar-refractivity contribution in [3.05, 3.63) is 0 Å². The van der Waals surface area contributed by atoms with Crippen molar-refractivity contribution >= 4 is 39.8 Å². The van der Waals surface area contributed by atoms with Crippen LogP contribution in [0.5, 0.6) is 0 Å². The van der Waals surface area contributed by atoms with Crippen LogP contribution in [0.3, 0.4) is 0 Å². The SMILES string of the molecule is CCSC(=S)C(F)(F)Cl. The first-order valence-electron chi connectivity index (χ1n) is 2.22. The van der Waals surface area contributed by atoms with Crippen LogP contribution in [0.15, 0.2) is 0 Å². The third-order valence-electron chi connectivity index (χ3n) is 0.507. The second kappa shape index (κ2) is 3.68. The maximum atomic E-state index is 11.9. The molecule has 0 aromatic heterocycles. The van der Waals surface area contributed by atoms with E-state index in [1.54, 1.807) is 6.92 Å². The fourth-order valence-electron chi connectivity index (χ4n) is 0.213. The Bertz CT molecular complexity index is 110. The topological polar surface area (TPSA) is 0 Å². The van der Waals surface area contributed by atoms with Crippen molar-refractivity contribution in [2.45, 2.75) is 12.3 Å². The number of alkyl halides is 3. The molecule has 0 aliphatic carbocycles. The normalized spacial score (nSPS) is 11.6. The number of thioether (sulfide) groups is 1. The van der Waals surface area contributed by atoms with Crippen molar-refractivity contribution < 1.29 is 8.78 Å². The molecule has 54 valence electrons. The lowest BCUT2D eigenvalue weighted by Gasteiger charge is -2.05. The van der Waals surface area contributed by atoms with Crippen LogP contribution < -0.4 is 0 Å². The molecule has 0 saturated heterocycles. The van der Waals surface area contributed by atoms with E-state index in [0.717, 1.165) is 11.8 Å². The molecule has 0 aromatic rings. The summed E-state index contributed by atoms with van der Waals surface area (Å²) in [5.74, 6) is 0.529. The van der Waals surface area contributed by atoms with Gasteiger partial charge in [0.25, 0.3) is 0 Å². The van der Waals surface area contributed by atoms with E-state index in [1.807, 2.05) is 0 Å². The van der Waals surface area contributed by atoms with E-state index in [2.05, 4.69) is 23.8 Å². The van der Waals surface area contributed by atoms with E-state index in [9.17, 15) is 8.78 Å². The van der Waals surface area contributed by atoms with Crippen molar-refractivity contribution in [1.82, 2.24) is 0 Å². The largest absolute Gasteiger partial charge is 0.363 e. The fraction of sp³-hybridized carbons (Fsp3) is 0.750. The smallest absolute Gasteiger partial charge is 0.182 e. The lowest BCUT2D eigenvalue weighted by molar-refractivity contribution is 0.182. The zero-order chi connectivity index (χ0) is 7.49. The molecule has 0 saturated carbocycles. The molecular weight excluding hydrogens is 186 g/mol. The van der Waals surface area contributed by atoms with Gasteiger partial charge >= 0.3 is 5.38 Å². The lowest BCUT2D eigenvalue weighted by Crippen LogP contribution is -2.15. The summed E-state index contributed by atoms with van der Waals surface area (Å²) >= 11 is 9.73. The molecule has 0 nitrogen and oxygen atoms in total. The predicted octanol–water partition coefficient (Wildman–Crippen LogP) is 2.90. The molecule has 0 fully saturated rings. The van der Waals surface area contributed by atoms with Crippen LogP contribution in [0, 0.1) is 0 Å². The van der Waals surface area contributed by atoms with Gasteiger partial charge in [-0.3, -0.25) is 0 Å². The molecular formula is C4H5ClF2S2. The van der Waals surface area contributed by atoms with E-state index in [4.69, 9.17) is 0 Å². The molecule has 0 amide bonds. The number of thiocarbonyl (C=S) groups is 1. The van der Waals surface area contributed by atoms with Crippen LogP contribution in [-0.2, 0) is 0 Å². The Kier molecular flexibility index (Phi) is 3.93. The summed E-state index contributed by atoms with van der Waals surface area (Å²) in [5.41, 5.74) is 0. The van der Waals surface area contributed by atoms with Gasteiger partial charge in [0.1, 0.15) is 4.20 Å². The second-order valence-corrected chi connectivity index (χ2v) is 3.63. The van der Waals surface area contributed by atoms with E-state index in [0.29, 0.717) is 5.75 Å². The van der Waals surface area contributed by atoms with Gasteiger partial charge < -0.3 is 0 Å². The van der Waals surface area contributed by atoms with Crippen LogP contribution in [0.1, 0.15) is 6.92 Å². The van der Waals surface area contributed by atoms with Crippen LogP contribution >= 0.6 is 35.6 Å². The van der Waals surface area contributed by atoms with Gasteiger partial charge in [-0.15, -0.1) is 11.8 Å². The molecule has 9 heavy (non-hydrogen) atoms. The minimum atomic E-state index is -3.32. The highest BCUT2D eigenvalue weighted by molar-refractivity contribution is 8.23. The summed E-state index contributed by atoms with van der Waals surface area (Å²) in [4.78, 5) is 0. The molecule has 0 aliphatic rings. The molecule has 0 rings (SSSR count). The molecule has 0 bridgehead atoms. The first kappa shape index (κ1) is 9.59. The molecule has 0 atom stereocenters. The van der Waals surface area contributed by atoms with Gasteiger partial charge in [0.2, 0.25) is 0 Å². The van der Waals surface area contributed by atoms with E-state index in [1.165, 1.54) is 0 Å². The quantitative estimate of drug-likeness (QED) is 0.485. The van der Waals surface area contributed by atoms with Gasteiger partial charge in [0, 0.05) is 0 Å². The minimum Gasteiger partial charge on any atom is -0.182 e. The maximum Gasteiger partial charge on any atom is 0.363 e. The molecule has 5 heteroatoms. The van der Waals surface area contributed by atoms with Crippen LogP contribution in [0.25, 0.3) is 0 Å². The molecule has 0 aromatic carbocycles. The maximum absolute atomic E-state index is 11.9. The first-order valence-corrected chi connectivity index (χ1v) is 3.99. The number of halogens is 3. The molecule has 0 spiro atoms. The lowest BCUT2D eigenvalue weighted by atomic mass is 10.8. The first-order chi connectivity index (χ1) is 3.98. The summed E-state index contributed by atoms with van der Waals surface area (Å²) in [6, 6.07) is 0. The van der Waals surface area contributed by atoms with Crippen molar-refractivity contribution in [2.75, 3.05) is 5.75 Å². The Labute approximate surface area is 67.0 Å². The molecule has 0 heterocycles. The zero-order valence-electron chi connectivity index (χ0n) is 4.66. The van der Waals surface area contributed by atoms with Gasteiger partial charge in [-0.25, -0.2) is 0 Å². The third-order valence-corrected chi connectivity index (χ3v) is 2.34. The van der Waals surface area contributed by atoms with Crippen molar-refractivity contribution in [3.63, 3.8) is 0 Å².